The van der Waals surface area contributed by atoms with Crippen molar-refractivity contribution in [1.29, 1.82) is 0 Å². The molecule has 70 valence electrons. The van der Waals surface area contributed by atoms with Crippen LogP contribution < -0.4 is 4.52 Å². The van der Waals surface area contributed by atoms with Crippen molar-refractivity contribution in [3.05, 3.63) is 28.8 Å². The molecule has 0 bridgehead atoms. The summed E-state index contributed by atoms with van der Waals surface area (Å²) in [4.78, 5) is 0. The number of rotatable bonds is 0. The van der Waals surface area contributed by atoms with Gasteiger partial charge in [0.25, 0.3) is 0 Å². The zero-order chi connectivity index (χ0) is 9.47. The van der Waals surface area contributed by atoms with E-state index < -0.39 is 7.34 Å². The van der Waals surface area contributed by atoms with Crippen LogP contribution in [0.1, 0.15) is 5.56 Å². The maximum Gasteiger partial charge on any atom is 0.164 e. The summed E-state index contributed by atoms with van der Waals surface area (Å²) >= 11 is 5.83. The van der Waals surface area contributed by atoms with Crippen LogP contribution in [-0.4, -0.2) is 13.0 Å². The zero-order valence-electron chi connectivity index (χ0n) is 7.29. The fourth-order valence-corrected chi connectivity index (χ4v) is 2.44. The number of hydrogen-bond acceptors (Lipinski definition) is 2. The SMILES string of the molecule is C=P1(C)OCc2cc(Cl)ccc2O1. The maximum atomic E-state index is 5.83. The molecule has 1 heterocycles. The van der Waals surface area contributed by atoms with Crippen LogP contribution in [0.5, 0.6) is 5.75 Å². The summed E-state index contributed by atoms with van der Waals surface area (Å²) in [6, 6.07) is 5.53. The highest BCUT2D eigenvalue weighted by Gasteiger charge is 2.19. The van der Waals surface area contributed by atoms with E-state index in [4.69, 9.17) is 20.6 Å². The lowest BCUT2D eigenvalue weighted by Crippen LogP contribution is -2.06. The van der Waals surface area contributed by atoms with Crippen LogP contribution in [0.25, 0.3) is 0 Å². The van der Waals surface area contributed by atoms with Gasteiger partial charge in [0.05, 0.1) is 6.61 Å². The quantitative estimate of drug-likeness (QED) is 0.621. The van der Waals surface area contributed by atoms with Crippen molar-refractivity contribution in [2.24, 2.45) is 0 Å². The van der Waals surface area contributed by atoms with E-state index in [2.05, 4.69) is 6.30 Å². The Bertz CT molecular complexity index is 389. The van der Waals surface area contributed by atoms with Crippen molar-refractivity contribution in [2.45, 2.75) is 6.61 Å². The fraction of sp³-hybridized carbons (Fsp3) is 0.222. The first-order valence-electron chi connectivity index (χ1n) is 3.90. The molecule has 0 N–H and O–H groups in total. The Labute approximate surface area is 82.6 Å². The van der Waals surface area contributed by atoms with Crippen LogP contribution in [0.2, 0.25) is 5.02 Å². The van der Waals surface area contributed by atoms with E-state index in [9.17, 15) is 0 Å². The van der Waals surface area contributed by atoms with Crippen LogP contribution in [0.3, 0.4) is 0 Å². The van der Waals surface area contributed by atoms with Gasteiger partial charge in [-0.1, -0.05) is 11.6 Å². The Morgan fingerprint density at radius 1 is 1.54 bits per heavy atom. The number of hydrogen-bond donors (Lipinski definition) is 0. The molecule has 13 heavy (non-hydrogen) atoms. The van der Waals surface area contributed by atoms with E-state index >= 15 is 0 Å². The topological polar surface area (TPSA) is 18.5 Å². The first-order chi connectivity index (χ1) is 6.07. The van der Waals surface area contributed by atoms with Gasteiger partial charge >= 0.3 is 0 Å². The van der Waals surface area contributed by atoms with Gasteiger partial charge < -0.3 is 9.05 Å². The minimum atomic E-state index is -1.88. The molecule has 0 fully saturated rings. The van der Waals surface area contributed by atoms with Crippen LogP contribution in [0.4, 0.5) is 0 Å². The van der Waals surface area contributed by atoms with Gasteiger partial charge in [0, 0.05) is 17.3 Å². The van der Waals surface area contributed by atoms with Gasteiger partial charge in [0.15, 0.2) is 7.34 Å². The van der Waals surface area contributed by atoms with Gasteiger partial charge in [-0.25, -0.2) is 0 Å². The highest BCUT2D eigenvalue weighted by Crippen LogP contribution is 2.50. The van der Waals surface area contributed by atoms with E-state index in [1.807, 2.05) is 24.9 Å². The molecular weight excluding hydrogens is 207 g/mol. The second-order valence-electron chi connectivity index (χ2n) is 3.13. The van der Waals surface area contributed by atoms with Gasteiger partial charge in [-0.05, 0) is 24.5 Å². The summed E-state index contributed by atoms with van der Waals surface area (Å²) in [7, 11) is -1.88. The minimum absolute atomic E-state index is 0.545. The Hall–Kier alpha value is -0.430. The first kappa shape index (κ1) is 9.14. The van der Waals surface area contributed by atoms with Crippen LogP contribution in [0.15, 0.2) is 18.2 Å². The van der Waals surface area contributed by atoms with E-state index in [0.717, 1.165) is 11.3 Å². The molecule has 0 saturated heterocycles. The summed E-state index contributed by atoms with van der Waals surface area (Å²) in [5.41, 5.74) is 0.994. The molecule has 1 aromatic carbocycles. The van der Waals surface area contributed by atoms with Crippen molar-refractivity contribution in [2.75, 3.05) is 6.66 Å². The van der Waals surface area contributed by atoms with Crippen molar-refractivity contribution in [3.8, 4) is 5.75 Å². The molecule has 0 amide bonds. The molecule has 1 unspecified atom stereocenters. The number of benzene rings is 1. The lowest BCUT2D eigenvalue weighted by Gasteiger charge is -2.27. The Balaban J connectivity index is 2.43. The van der Waals surface area contributed by atoms with E-state index in [0.29, 0.717) is 11.6 Å². The Morgan fingerprint density at radius 3 is 3.08 bits per heavy atom. The number of fused-ring (bicyclic) bond motifs is 1. The zero-order valence-corrected chi connectivity index (χ0v) is 8.94. The van der Waals surface area contributed by atoms with Crippen LogP contribution >= 0.6 is 18.9 Å². The third-order valence-electron chi connectivity index (χ3n) is 1.81. The third-order valence-corrected chi connectivity index (χ3v) is 3.30. The lowest BCUT2D eigenvalue weighted by atomic mass is 10.2. The average Bonchev–Trinajstić information content (AvgIpc) is 2.05. The molecule has 1 atom stereocenters. The van der Waals surface area contributed by atoms with Gasteiger partial charge in [0.1, 0.15) is 5.75 Å². The Morgan fingerprint density at radius 2 is 2.31 bits per heavy atom. The summed E-state index contributed by atoms with van der Waals surface area (Å²) < 4.78 is 11.1. The summed E-state index contributed by atoms with van der Waals surface area (Å²) in [6.45, 7) is 2.44. The van der Waals surface area contributed by atoms with Crippen molar-refractivity contribution in [3.63, 3.8) is 0 Å². The van der Waals surface area contributed by atoms with Gasteiger partial charge in [-0.15, -0.1) is 0 Å². The van der Waals surface area contributed by atoms with E-state index in [1.54, 1.807) is 0 Å². The van der Waals surface area contributed by atoms with Crippen molar-refractivity contribution >= 4 is 25.2 Å². The maximum absolute atomic E-state index is 5.83. The van der Waals surface area contributed by atoms with E-state index in [-0.39, 0.29) is 0 Å². The molecule has 4 heteroatoms. The normalized spacial score (nSPS) is 26.3. The third kappa shape index (κ3) is 1.91. The van der Waals surface area contributed by atoms with Gasteiger partial charge in [0.2, 0.25) is 0 Å². The van der Waals surface area contributed by atoms with Gasteiger partial charge in [-0.2, -0.15) is 0 Å². The molecule has 1 aliphatic rings. The van der Waals surface area contributed by atoms with Crippen molar-refractivity contribution in [1.82, 2.24) is 0 Å². The molecule has 0 spiro atoms. The smallest absolute Gasteiger partial charge is 0.164 e. The Kier molecular flexibility index (Phi) is 2.15. The highest BCUT2D eigenvalue weighted by atomic mass is 35.5. The highest BCUT2D eigenvalue weighted by molar-refractivity contribution is 7.64. The molecule has 0 aromatic heterocycles. The lowest BCUT2D eigenvalue weighted by molar-refractivity contribution is 0.277. The second-order valence-corrected chi connectivity index (χ2v) is 6.04. The molecule has 1 aliphatic heterocycles. The van der Waals surface area contributed by atoms with Crippen LogP contribution in [-0.2, 0) is 11.1 Å². The molecule has 0 saturated carbocycles. The van der Waals surface area contributed by atoms with Gasteiger partial charge in [-0.3, -0.25) is 0 Å². The summed E-state index contributed by atoms with van der Waals surface area (Å²) in [6.07, 6.45) is 3.88. The summed E-state index contributed by atoms with van der Waals surface area (Å²) in [5.74, 6) is 0.849. The summed E-state index contributed by atoms with van der Waals surface area (Å²) in [5, 5.41) is 0.706. The molecule has 2 nitrogen and oxygen atoms in total. The molecular formula is C9H10ClO2P. The van der Waals surface area contributed by atoms with E-state index in [1.165, 1.54) is 0 Å². The fourth-order valence-electron chi connectivity index (χ4n) is 1.19. The van der Waals surface area contributed by atoms with Crippen molar-refractivity contribution < 1.29 is 9.05 Å². The molecule has 0 radical (unpaired) electrons. The molecule has 0 aliphatic carbocycles. The monoisotopic (exact) mass is 216 g/mol. The molecule has 2 rings (SSSR count). The largest absolute Gasteiger partial charge is 0.453 e. The predicted octanol–water partition coefficient (Wildman–Crippen LogP) is 3.16. The predicted molar refractivity (Wildman–Crippen MR) is 56.8 cm³/mol. The minimum Gasteiger partial charge on any atom is -0.453 e. The number of halogens is 1. The average molecular weight is 217 g/mol. The first-order valence-corrected chi connectivity index (χ1v) is 6.54. The standard InChI is InChI=1S/C9H10ClO2P/c1-13(2)11-6-7-5-8(10)3-4-9(7)12-13/h3-5H,1,6H2,2H3. The second kappa shape index (κ2) is 3.06. The van der Waals surface area contributed by atoms with Crippen LogP contribution in [0, 0.1) is 0 Å². The molecule has 1 aromatic rings.